The van der Waals surface area contributed by atoms with Gasteiger partial charge in [-0.2, -0.15) is 0 Å². The monoisotopic (exact) mass is 490 g/mol. The van der Waals surface area contributed by atoms with Crippen molar-refractivity contribution < 1.29 is 9.72 Å². The Labute approximate surface area is 199 Å². The summed E-state index contributed by atoms with van der Waals surface area (Å²) in [4.78, 5) is 33.2. The van der Waals surface area contributed by atoms with Gasteiger partial charge in [-0.3, -0.25) is 19.8 Å². The Morgan fingerprint density at radius 2 is 1.84 bits per heavy atom. The number of halogens is 1. The molecule has 0 fully saturated rings. The number of nitro groups is 1. The number of carbonyl (C=O) groups is 1. The molecule has 0 radical (unpaired) electrons. The van der Waals surface area contributed by atoms with Crippen LogP contribution in [-0.4, -0.2) is 47.9 Å². The van der Waals surface area contributed by atoms with Crippen molar-refractivity contribution in [2.24, 2.45) is 0 Å². The lowest BCUT2D eigenvalue weighted by molar-refractivity contribution is -0.384. The van der Waals surface area contributed by atoms with Crippen molar-refractivity contribution in [1.82, 2.24) is 9.88 Å². The minimum atomic E-state index is -0.423. The minimum absolute atomic E-state index is 0. The molecule has 0 saturated carbocycles. The Balaban J connectivity index is 0.00000289. The summed E-state index contributed by atoms with van der Waals surface area (Å²) in [5.74, 6) is -0.140. The van der Waals surface area contributed by atoms with Gasteiger partial charge in [0.25, 0.3) is 11.6 Å². The van der Waals surface area contributed by atoms with Crippen LogP contribution < -0.4 is 4.90 Å². The van der Waals surface area contributed by atoms with Crippen LogP contribution in [0.3, 0.4) is 0 Å². The molecule has 7 nitrogen and oxygen atoms in total. The molecule has 4 aromatic rings. The van der Waals surface area contributed by atoms with Crippen LogP contribution in [0.15, 0.2) is 36.4 Å². The van der Waals surface area contributed by atoms with E-state index in [1.165, 1.54) is 34.8 Å². The summed E-state index contributed by atoms with van der Waals surface area (Å²) in [7, 11) is 3.93. The van der Waals surface area contributed by atoms with Crippen molar-refractivity contribution in [3.05, 3.63) is 62.5 Å². The van der Waals surface area contributed by atoms with Gasteiger partial charge in [-0.15, -0.1) is 23.7 Å². The lowest BCUT2D eigenvalue weighted by Gasteiger charge is -2.21. The van der Waals surface area contributed by atoms with Gasteiger partial charge in [0.05, 0.1) is 20.0 Å². The number of amides is 1. The molecule has 32 heavy (non-hydrogen) atoms. The number of likely N-dealkylation sites (N-methyl/N-ethyl adjacent to an activating group) is 1. The highest BCUT2D eigenvalue weighted by Crippen LogP contribution is 2.35. The molecule has 0 spiro atoms. The number of thiophene rings is 1. The molecule has 0 atom stereocenters. The lowest BCUT2D eigenvalue weighted by atomic mass is 10.1. The zero-order valence-corrected chi connectivity index (χ0v) is 20.6. The van der Waals surface area contributed by atoms with Crippen molar-refractivity contribution in [2.75, 3.05) is 32.1 Å². The second-order valence-electron chi connectivity index (χ2n) is 7.78. The van der Waals surface area contributed by atoms with E-state index >= 15 is 0 Å². The van der Waals surface area contributed by atoms with Gasteiger partial charge in [0, 0.05) is 35.3 Å². The van der Waals surface area contributed by atoms with Gasteiger partial charge in [0.2, 0.25) is 0 Å². The highest BCUT2D eigenvalue weighted by molar-refractivity contribution is 7.23. The van der Waals surface area contributed by atoms with E-state index in [1.54, 1.807) is 17.0 Å². The second kappa shape index (κ2) is 9.50. The quantitative estimate of drug-likeness (QED) is 0.257. The Morgan fingerprint density at radius 1 is 1.09 bits per heavy atom. The summed E-state index contributed by atoms with van der Waals surface area (Å²) >= 11 is 2.86. The number of non-ortho nitro benzene ring substituents is 1. The van der Waals surface area contributed by atoms with Crippen LogP contribution in [0.1, 0.15) is 20.8 Å². The van der Waals surface area contributed by atoms with Crippen molar-refractivity contribution in [3.8, 4) is 0 Å². The zero-order chi connectivity index (χ0) is 22.3. The van der Waals surface area contributed by atoms with Gasteiger partial charge >= 0.3 is 0 Å². The van der Waals surface area contributed by atoms with Crippen molar-refractivity contribution >= 4 is 72.1 Å². The van der Waals surface area contributed by atoms with E-state index in [0.717, 1.165) is 26.0 Å². The Kier molecular flexibility index (Phi) is 7.14. The molecule has 0 bridgehead atoms. The summed E-state index contributed by atoms with van der Waals surface area (Å²) < 4.78 is 1.92. The number of hydrogen-bond donors (Lipinski definition) is 0. The van der Waals surface area contributed by atoms with E-state index in [1.807, 2.05) is 32.0 Å². The van der Waals surface area contributed by atoms with E-state index in [9.17, 15) is 14.9 Å². The van der Waals surface area contributed by atoms with Crippen molar-refractivity contribution in [2.45, 2.75) is 13.8 Å². The third-order valence-electron chi connectivity index (χ3n) is 4.98. The first-order valence-electron chi connectivity index (χ1n) is 9.75. The SMILES string of the molecule is Cc1cc(C)c2sc(N(CCN(C)C)C(=O)c3cc4cc([N+](=O)[O-])ccc4s3)nc2c1.Cl. The average molecular weight is 491 g/mol. The molecule has 2 aromatic heterocycles. The first-order chi connectivity index (χ1) is 14.7. The van der Waals surface area contributed by atoms with Crippen LogP contribution in [0.25, 0.3) is 20.3 Å². The maximum atomic E-state index is 13.5. The molecule has 2 heterocycles. The van der Waals surface area contributed by atoms with Crippen LogP contribution in [-0.2, 0) is 0 Å². The highest BCUT2D eigenvalue weighted by Gasteiger charge is 2.24. The van der Waals surface area contributed by atoms with Crippen LogP contribution >= 0.6 is 35.1 Å². The third kappa shape index (κ3) is 4.75. The van der Waals surface area contributed by atoms with Gasteiger partial charge in [0.1, 0.15) is 0 Å². The van der Waals surface area contributed by atoms with E-state index < -0.39 is 4.92 Å². The Morgan fingerprint density at radius 3 is 2.53 bits per heavy atom. The van der Waals surface area contributed by atoms with E-state index in [-0.39, 0.29) is 24.0 Å². The van der Waals surface area contributed by atoms with Gasteiger partial charge < -0.3 is 4.90 Å². The third-order valence-corrected chi connectivity index (χ3v) is 7.31. The number of carbonyl (C=O) groups excluding carboxylic acids is 1. The number of benzene rings is 2. The number of aryl methyl sites for hydroxylation is 2. The van der Waals surface area contributed by atoms with Gasteiger partial charge in [-0.25, -0.2) is 4.98 Å². The maximum absolute atomic E-state index is 13.5. The number of aromatic nitrogens is 1. The molecule has 168 valence electrons. The number of nitrogens with zero attached hydrogens (tertiary/aromatic N) is 4. The van der Waals surface area contributed by atoms with Crippen LogP contribution in [0.4, 0.5) is 10.8 Å². The van der Waals surface area contributed by atoms with E-state index in [2.05, 4.69) is 13.0 Å². The fraction of sp³-hybridized carbons (Fsp3) is 0.273. The number of thiazole rings is 1. The van der Waals surface area contributed by atoms with Crippen molar-refractivity contribution in [1.29, 1.82) is 0 Å². The number of fused-ring (bicyclic) bond motifs is 2. The first kappa shape index (κ1) is 24.1. The summed E-state index contributed by atoms with van der Waals surface area (Å²) in [5.41, 5.74) is 3.20. The molecule has 10 heteroatoms. The fourth-order valence-corrected chi connectivity index (χ4v) is 5.48. The normalized spacial score (nSPS) is 11.2. The molecular formula is C22H23ClN4O3S2. The van der Waals surface area contributed by atoms with E-state index in [4.69, 9.17) is 4.98 Å². The number of anilines is 1. The molecule has 0 aliphatic rings. The van der Waals surface area contributed by atoms with Crippen LogP contribution in [0.2, 0.25) is 0 Å². The lowest BCUT2D eigenvalue weighted by Crippen LogP contribution is -2.36. The second-order valence-corrected chi connectivity index (χ2v) is 9.84. The summed E-state index contributed by atoms with van der Waals surface area (Å²) in [6.07, 6.45) is 0. The van der Waals surface area contributed by atoms with Crippen molar-refractivity contribution in [3.63, 3.8) is 0 Å². The Bertz CT molecular complexity index is 1320. The van der Waals surface area contributed by atoms with Crippen LogP contribution in [0, 0.1) is 24.0 Å². The number of hydrogen-bond acceptors (Lipinski definition) is 7. The summed E-state index contributed by atoms with van der Waals surface area (Å²) in [6.45, 7) is 5.28. The van der Waals surface area contributed by atoms with Gasteiger partial charge in [-0.05, 0) is 57.3 Å². The van der Waals surface area contributed by atoms with Gasteiger partial charge in [-0.1, -0.05) is 17.4 Å². The smallest absolute Gasteiger partial charge is 0.270 e. The number of nitro benzene ring substituents is 1. The highest BCUT2D eigenvalue weighted by atomic mass is 35.5. The molecule has 0 saturated heterocycles. The molecule has 2 aromatic carbocycles. The summed E-state index contributed by atoms with van der Waals surface area (Å²) in [6, 6.07) is 10.6. The first-order valence-corrected chi connectivity index (χ1v) is 11.4. The predicted octanol–water partition coefficient (Wildman–Crippen LogP) is 5.67. The Hall–Kier alpha value is -2.59. The minimum Gasteiger partial charge on any atom is -0.308 e. The molecular weight excluding hydrogens is 468 g/mol. The largest absolute Gasteiger partial charge is 0.308 e. The molecule has 0 unspecified atom stereocenters. The standard InChI is InChI=1S/C22H22N4O3S2.ClH/c1-13-9-14(2)20-17(10-13)23-22(31-20)25(8-7-24(3)4)21(27)19-12-15-11-16(26(28)29)5-6-18(15)30-19;/h5-6,9-12H,7-8H2,1-4H3;1H. The zero-order valence-electron chi connectivity index (χ0n) is 18.1. The maximum Gasteiger partial charge on any atom is 0.270 e. The van der Waals surface area contributed by atoms with E-state index in [0.29, 0.717) is 28.5 Å². The fourth-order valence-electron chi connectivity index (χ4n) is 3.45. The average Bonchev–Trinajstić information content (AvgIpc) is 3.31. The molecule has 4 rings (SSSR count). The molecule has 1 amide bonds. The molecule has 0 aliphatic heterocycles. The predicted molar refractivity (Wildman–Crippen MR) is 135 cm³/mol. The molecule has 0 aliphatic carbocycles. The molecule has 0 N–H and O–H groups in total. The summed E-state index contributed by atoms with van der Waals surface area (Å²) in [5, 5.41) is 12.5. The topological polar surface area (TPSA) is 79.6 Å². The van der Waals surface area contributed by atoms with Crippen LogP contribution in [0.5, 0.6) is 0 Å². The number of rotatable bonds is 6. The van der Waals surface area contributed by atoms with Gasteiger partial charge in [0.15, 0.2) is 5.13 Å².